The number of hydrogen-bond acceptors (Lipinski definition) is 2. The Balaban J connectivity index is -0.000000148. The summed E-state index contributed by atoms with van der Waals surface area (Å²) in [5, 5.41) is 7.00. The summed E-state index contributed by atoms with van der Waals surface area (Å²) >= 11 is 0. The van der Waals surface area contributed by atoms with Crippen LogP contribution in [0.3, 0.4) is 0 Å². The van der Waals surface area contributed by atoms with Crippen LogP contribution < -0.4 is 10.6 Å². The molecule has 1 aliphatic carbocycles. The van der Waals surface area contributed by atoms with Crippen LogP contribution in [0.15, 0.2) is 13.2 Å². The quantitative estimate of drug-likeness (QED) is 0.516. The van der Waals surface area contributed by atoms with Gasteiger partial charge in [-0.05, 0) is 19.9 Å². The summed E-state index contributed by atoms with van der Waals surface area (Å²) in [6.45, 7) is 22.9. The number of likely N-dealkylation sites (N-methyl/N-ethyl adjacent to an activating group) is 1. The summed E-state index contributed by atoms with van der Waals surface area (Å²) in [4.78, 5) is 0. The Labute approximate surface area is 149 Å². The van der Waals surface area contributed by atoms with Gasteiger partial charge >= 0.3 is 0 Å². The standard InChI is InChI=1S/C11H26N2.C4H8.2C2H6.C2H4/c1-6-8-11(12-5)10(7-2)13-9(3)4;1-2-4-3-1;3*1-2/h9-13H,6-8H2,1-5H3;1-4H2;2*1-2H3;1-2H2. The molecule has 0 bridgehead atoms. The summed E-state index contributed by atoms with van der Waals surface area (Å²) < 4.78 is 0. The second kappa shape index (κ2) is 29.6. The topological polar surface area (TPSA) is 24.1 Å². The molecule has 1 rings (SSSR count). The Bertz CT molecular complexity index is 161. The van der Waals surface area contributed by atoms with E-state index in [2.05, 4.69) is 58.5 Å². The third kappa shape index (κ3) is 24.0. The third-order valence-corrected chi connectivity index (χ3v) is 3.44. The summed E-state index contributed by atoms with van der Waals surface area (Å²) in [6, 6.07) is 1.82. The summed E-state index contributed by atoms with van der Waals surface area (Å²) in [7, 11) is 2.06. The molecule has 144 valence electrons. The van der Waals surface area contributed by atoms with Crippen molar-refractivity contribution in [3.05, 3.63) is 13.2 Å². The van der Waals surface area contributed by atoms with Crippen LogP contribution in [-0.4, -0.2) is 25.2 Å². The van der Waals surface area contributed by atoms with Gasteiger partial charge < -0.3 is 10.6 Å². The fraction of sp³-hybridized carbons (Fsp3) is 0.905. The molecule has 0 radical (unpaired) electrons. The highest BCUT2D eigenvalue weighted by atomic mass is 15.0. The van der Waals surface area contributed by atoms with Crippen LogP contribution in [-0.2, 0) is 0 Å². The Morgan fingerprint density at radius 2 is 1.22 bits per heavy atom. The lowest BCUT2D eigenvalue weighted by molar-refractivity contribution is 0.337. The molecule has 2 heteroatoms. The van der Waals surface area contributed by atoms with E-state index in [1.165, 1.54) is 44.9 Å². The molecule has 0 saturated heterocycles. The Kier molecular flexibility index (Phi) is 39.4. The maximum atomic E-state index is 3.60. The SMILES string of the molecule is C1CCC1.C=C.CC.CC.CCCC(NC)C(CC)NC(C)C. The maximum absolute atomic E-state index is 3.60. The fourth-order valence-electron chi connectivity index (χ4n) is 2.05. The molecule has 0 heterocycles. The third-order valence-electron chi connectivity index (χ3n) is 3.44. The van der Waals surface area contributed by atoms with E-state index in [0.29, 0.717) is 18.1 Å². The molecular weight excluding hydrogens is 280 g/mol. The molecule has 1 fully saturated rings. The highest BCUT2D eigenvalue weighted by Gasteiger charge is 2.17. The zero-order valence-corrected chi connectivity index (χ0v) is 18.1. The normalized spacial score (nSPS) is 14.0. The first kappa shape index (κ1) is 30.5. The molecule has 0 amide bonds. The maximum Gasteiger partial charge on any atom is 0.0220 e. The second-order valence-corrected chi connectivity index (χ2v) is 5.43. The van der Waals surface area contributed by atoms with Gasteiger partial charge in [-0.3, -0.25) is 0 Å². The van der Waals surface area contributed by atoms with Gasteiger partial charge in [0, 0.05) is 18.1 Å². The largest absolute Gasteiger partial charge is 0.315 e. The van der Waals surface area contributed by atoms with Gasteiger partial charge in [0.15, 0.2) is 0 Å². The number of nitrogens with one attached hydrogen (secondary N) is 2. The van der Waals surface area contributed by atoms with Crippen LogP contribution in [0, 0.1) is 0 Å². The van der Waals surface area contributed by atoms with E-state index >= 15 is 0 Å². The molecule has 2 N–H and O–H groups in total. The van der Waals surface area contributed by atoms with E-state index in [4.69, 9.17) is 0 Å². The predicted molar refractivity (Wildman–Crippen MR) is 113 cm³/mol. The lowest BCUT2D eigenvalue weighted by Crippen LogP contribution is -2.48. The Morgan fingerprint density at radius 1 is 0.826 bits per heavy atom. The second-order valence-electron chi connectivity index (χ2n) is 5.43. The number of hydrogen-bond donors (Lipinski definition) is 2. The minimum atomic E-state index is 0.581. The van der Waals surface area contributed by atoms with E-state index in [1.807, 2.05) is 27.7 Å². The van der Waals surface area contributed by atoms with Crippen molar-refractivity contribution in [2.45, 2.75) is 118 Å². The molecular formula is C21H50N2. The molecule has 2 unspecified atom stereocenters. The van der Waals surface area contributed by atoms with Crippen molar-refractivity contribution in [3.63, 3.8) is 0 Å². The van der Waals surface area contributed by atoms with Crippen molar-refractivity contribution in [3.8, 4) is 0 Å². The minimum Gasteiger partial charge on any atom is -0.315 e. The van der Waals surface area contributed by atoms with Crippen molar-refractivity contribution in [2.24, 2.45) is 0 Å². The van der Waals surface area contributed by atoms with Gasteiger partial charge in [0.25, 0.3) is 0 Å². The molecule has 2 atom stereocenters. The molecule has 23 heavy (non-hydrogen) atoms. The van der Waals surface area contributed by atoms with Gasteiger partial charge in [-0.1, -0.05) is 87.5 Å². The van der Waals surface area contributed by atoms with Crippen molar-refractivity contribution < 1.29 is 0 Å². The van der Waals surface area contributed by atoms with Gasteiger partial charge in [-0.25, -0.2) is 0 Å². The zero-order chi connectivity index (χ0) is 19.1. The van der Waals surface area contributed by atoms with E-state index in [9.17, 15) is 0 Å². The van der Waals surface area contributed by atoms with E-state index in [0.717, 1.165) is 0 Å². The first-order chi connectivity index (χ1) is 11.2. The first-order valence-corrected chi connectivity index (χ1v) is 10.1. The molecule has 0 aromatic carbocycles. The highest BCUT2D eigenvalue weighted by Crippen LogP contribution is 2.15. The molecule has 1 aliphatic rings. The average molecular weight is 331 g/mol. The summed E-state index contributed by atoms with van der Waals surface area (Å²) in [5.74, 6) is 0. The fourth-order valence-corrected chi connectivity index (χ4v) is 2.05. The van der Waals surface area contributed by atoms with Crippen molar-refractivity contribution in [1.29, 1.82) is 0 Å². The van der Waals surface area contributed by atoms with Crippen LogP contribution in [0.1, 0.15) is 100 Å². The zero-order valence-electron chi connectivity index (χ0n) is 18.1. The van der Waals surface area contributed by atoms with Gasteiger partial charge in [0.1, 0.15) is 0 Å². The van der Waals surface area contributed by atoms with Gasteiger partial charge in [0.2, 0.25) is 0 Å². The van der Waals surface area contributed by atoms with Crippen LogP contribution in [0.25, 0.3) is 0 Å². The van der Waals surface area contributed by atoms with Crippen molar-refractivity contribution in [2.75, 3.05) is 7.05 Å². The number of rotatable bonds is 7. The molecule has 0 spiro atoms. The molecule has 0 aromatic rings. The lowest BCUT2D eigenvalue weighted by atomic mass is 10.0. The molecule has 0 aliphatic heterocycles. The Hall–Kier alpha value is -0.340. The molecule has 0 aromatic heterocycles. The lowest BCUT2D eigenvalue weighted by Gasteiger charge is -2.28. The average Bonchev–Trinajstić information content (AvgIpc) is 2.54. The van der Waals surface area contributed by atoms with E-state index in [1.54, 1.807) is 0 Å². The van der Waals surface area contributed by atoms with Crippen LogP contribution >= 0.6 is 0 Å². The van der Waals surface area contributed by atoms with Crippen LogP contribution in [0.5, 0.6) is 0 Å². The highest BCUT2D eigenvalue weighted by molar-refractivity contribution is 4.80. The van der Waals surface area contributed by atoms with Crippen LogP contribution in [0.2, 0.25) is 0 Å². The Morgan fingerprint density at radius 3 is 1.39 bits per heavy atom. The first-order valence-electron chi connectivity index (χ1n) is 10.1. The minimum absolute atomic E-state index is 0.581. The summed E-state index contributed by atoms with van der Waals surface area (Å²) in [5.41, 5.74) is 0. The van der Waals surface area contributed by atoms with Crippen molar-refractivity contribution in [1.82, 2.24) is 10.6 Å². The van der Waals surface area contributed by atoms with E-state index in [-0.39, 0.29) is 0 Å². The summed E-state index contributed by atoms with van der Waals surface area (Å²) in [6.07, 6.45) is 9.71. The van der Waals surface area contributed by atoms with Crippen LogP contribution in [0.4, 0.5) is 0 Å². The smallest absolute Gasteiger partial charge is 0.0220 e. The van der Waals surface area contributed by atoms with Gasteiger partial charge in [-0.15, -0.1) is 13.2 Å². The van der Waals surface area contributed by atoms with Gasteiger partial charge in [-0.2, -0.15) is 0 Å². The van der Waals surface area contributed by atoms with Gasteiger partial charge in [0.05, 0.1) is 0 Å². The monoisotopic (exact) mass is 330 g/mol. The van der Waals surface area contributed by atoms with Crippen molar-refractivity contribution >= 4 is 0 Å². The van der Waals surface area contributed by atoms with E-state index < -0.39 is 0 Å². The molecule has 2 nitrogen and oxygen atoms in total. The molecule has 1 saturated carbocycles. The predicted octanol–water partition coefficient (Wildman–Crippen LogP) is 6.57.